The third kappa shape index (κ3) is 4.60. The van der Waals surface area contributed by atoms with Crippen LogP contribution in [-0.2, 0) is 17.8 Å². The van der Waals surface area contributed by atoms with Gasteiger partial charge in [0.15, 0.2) is 4.80 Å². The molecular weight excluding hydrogens is 403 g/mol. The summed E-state index contributed by atoms with van der Waals surface area (Å²) in [6, 6.07) is 13.7. The topological polar surface area (TPSA) is 80.1 Å². The molecule has 0 aliphatic carbocycles. The van der Waals surface area contributed by atoms with Crippen LogP contribution >= 0.6 is 11.3 Å². The van der Waals surface area contributed by atoms with E-state index < -0.39 is 0 Å². The van der Waals surface area contributed by atoms with Gasteiger partial charge in [-0.2, -0.15) is 4.99 Å². The van der Waals surface area contributed by atoms with Crippen LogP contribution in [0.4, 0.5) is 4.39 Å². The quantitative estimate of drug-likeness (QED) is 0.517. The molecule has 0 radical (unpaired) electrons. The molecule has 0 aliphatic rings. The molecule has 6 nitrogen and oxygen atoms in total. The number of amides is 1. The maximum absolute atomic E-state index is 13.9. The zero-order valence-corrected chi connectivity index (χ0v) is 16.9. The molecule has 8 heteroatoms. The SMILES string of the molecule is O=C(CCCc1nc2ccccc2c(=O)[nH]1)N=c1sccn1Cc1ccccc1F. The highest BCUT2D eigenvalue weighted by Gasteiger charge is 2.07. The minimum atomic E-state index is -0.287. The second-order valence-electron chi connectivity index (χ2n) is 6.79. The molecule has 0 spiro atoms. The predicted molar refractivity (Wildman–Crippen MR) is 114 cm³/mol. The number of aromatic nitrogens is 3. The highest BCUT2D eigenvalue weighted by molar-refractivity contribution is 7.07. The van der Waals surface area contributed by atoms with Crippen molar-refractivity contribution in [2.75, 3.05) is 0 Å². The van der Waals surface area contributed by atoms with Crippen LogP contribution in [0, 0.1) is 5.82 Å². The number of aromatic amines is 1. The van der Waals surface area contributed by atoms with Crippen molar-refractivity contribution in [3.05, 3.63) is 92.5 Å². The van der Waals surface area contributed by atoms with Gasteiger partial charge in [-0.3, -0.25) is 9.59 Å². The van der Waals surface area contributed by atoms with Crippen molar-refractivity contribution in [3.63, 3.8) is 0 Å². The van der Waals surface area contributed by atoms with Crippen molar-refractivity contribution in [1.82, 2.24) is 14.5 Å². The lowest BCUT2D eigenvalue weighted by atomic mass is 10.2. The van der Waals surface area contributed by atoms with Gasteiger partial charge in [-0.15, -0.1) is 11.3 Å². The summed E-state index contributed by atoms with van der Waals surface area (Å²) in [6.45, 7) is 0.310. The summed E-state index contributed by atoms with van der Waals surface area (Å²) < 4.78 is 15.6. The van der Waals surface area contributed by atoms with Gasteiger partial charge in [0.05, 0.1) is 17.4 Å². The Morgan fingerprint density at radius 2 is 1.97 bits per heavy atom. The molecular formula is C22H19FN4O2S. The molecule has 0 atom stereocenters. The zero-order valence-electron chi connectivity index (χ0n) is 16.0. The van der Waals surface area contributed by atoms with Crippen molar-refractivity contribution < 1.29 is 9.18 Å². The molecule has 2 aromatic heterocycles. The van der Waals surface area contributed by atoms with Gasteiger partial charge in [0.1, 0.15) is 11.6 Å². The molecule has 1 amide bonds. The van der Waals surface area contributed by atoms with Crippen molar-refractivity contribution in [3.8, 4) is 0 Å². The third-order valence-electron chi connectivity index (χ3n) is 4.64. The van der Waals surface area contributed by atoms with E-state index >= 15 is 0 Å². The monoisotopic (exact) mass is 422 g/mol. The molecule has 2 aromatic carbocycles. The Hall–Kier alpha value is -3.39. The number of para-hydroxylation sites is 1. The van der Waals surface area contributed by atoms with E-state index in [4.69, 9.17) is 0 Å². The Balaban J connectivity index is 1.41. The summed E-state index contributed by atoms with van der Waals surface area (Å²) in [5.74, 6) is 0.00506. The van der Waals surface area contributed by atoms with Gasteiger partial charge in [0.25, 0.3) is 5.56 Å². The van der Waals surface area contributed by atoms with Gasteiger partial charge < -0.3 is 9.55 Å². The maximum atomic E-state index is 13.9. The summed E-state index contributed by atoms with van der Waals surface area (Å²) in [5, 5.41) is 2.36. The first kappa shape index (κ1) is 19.9. The number of halogens is 1. The summed E-state index contributed by atoms with van der Waals surface area (Å²) in [6.07, 6.45) is 3.00. The number of nitrogens with one attached hydrogen (secondary N) is 1. The second kappa shape index (κ2) is 8.96. The molecule has 2 heterocycles. The Morgan fingerprint density at radius 1 is 1.17 bits per heavy atom. The molecule has 0 bridgehead atoms. The van der Waals surface area contributed by atoms with Gasteiger partial charge in [0.2, 0.25) is 5.91 Å². The Kier molecular flexibility index (Phi) is 5.94. The Bertz CT molecular complexity index is 1320. The van der Waals surface area contributed by atoms with E-state index in [1.807, 2.05) is 11.4 Å². The summed E-state index contributed by atoms with van der Waals surface area (Å²) in [7, 11) is 0. The van der Waals surface area contributed by atoms with Gasteiger partial charge in [0, 0.05) is 30.0 Å². The van der Waals surface area contributed by atoms with Crippen LogP contribution < -0.4 is 10.4 Å². The molecule has 152 valence electrons. The zero-order chi connectivity index (χ0) is 20.9. The van der Waals surface area contributed by atoms with Gasteiger partial charge in [-0.1, -0.05) is 30.3 Å². The minimum absolute atomic E-state index is 0.181. The highest BCUT2D eigenvalue weighted by atomic mass is 32.1. The van der Waals surface area contributed by atoms with E-state index in [1.54, 1.807) is 47.2 Å². The number of H-pyrrole nitrogens is 1. The summed E-state index contributed by atoms with van der Waals surface area (Å²) >= 11 is 1.33. The first-order valence-electron chi connectivity index (χ1n) is 9.53. The lowest BCUT2D eigenvalue weighted by Crippen LogP contribution is -2.17. The van der Waals surface area contributed by atoms with E-state index in [0.29, 0.717) is 46.5 Å². The van der Waals surface area contributed by atoms with Crippen LogP contribution in [0.3, 0.4) is 0 Å². The highest BCUT2D eigenvalue weighted by Crippen LogP contribution is 2.09. The lowest BCUT2D eigenvalue weighted by molar-refractivity contribution is -0.118. The Labute approximate surface area is 175 Å². The minimum Gasteiger partial charge on any atom is -0.319 e. The summed E-state index contributed by atoms with van der Waals surface area (Å²) in [4.78, 5) is 36.3. The number of carbonyl (C=O) groups excluding carboxylic acids is 1. The van der Waals surface area contributed by atoms with Crippen LogP contribution in [0.2, 0.25) is 0 Å². The largest absolute Gasteiger partial charge is 0.319 e. The first-order chi connectivity index (χ1) is 14.6. The molecule has 0 unspecified atom stereocenters. The van der Waals surface area contributed by atoms with Crippen molar-refractivity contribution in [2.45, 2.75) is 25.8 Å². The van der Waals surface area contributed by atoms with E-state index in [0.717, 1.165) is 0 Å². The number of hydrogen-bond acceptors (Lipinski definition) is 4. The van der Waals surface area contributed by atoms with E-state index in [2.05, 4.69) is 15.0 Å². The molecule has 0 fully saturated rings. The number of fused-ring (bicyclic) bond motifs is 1. The normalized spacial score (nSPS) is 11.8. The molecule has 30 heavy (non-hydrogen) atoms. The van der Waals surface area contributed by atoms with Crippen LogP contribution in [0.1, 0.15) is 24.2 Å². The average Bonchev–Trinajstić information content (AvgIpc) is 3.16. The number of aryl methyl sites for hydroxylation is 1. The van der Waals surface area contributed by atoms with Crippen LogP contribution in [-0.4, -0.2) is 20.4 Å². The average molecular weight is 422 g/mol. The van der Waals surface area contributed by atoms with Gasteiger partial charge in [-0.05, 0) is 24.6 Å². The summed E-state index contributed by atoms with van der Waals surface area (Å²) in [5.41, 5.74) is 0.996. The van der Waals surface area contributed by atoms with E-state index in [-0.39, 0.29) is 23.7 Å². The first-order valence-corrected chi connectivity index (χ1v) is 10.4. The number of thiazole rings is 1. The lowest BCUT2D eigenvalue weighted by Gasteiger charge is -2.04. The molecule has 0 aliphatic heterocycles. The third-order valence-corrected chi connectivity index (χ3v) is 5.44. The van der Waals surface area contributed by atoms with E-state index in [1.165, 1.54) is 17.4 Å². The molecule has 4 aromatic rings. The molecule has 0 saturated heterocycles. The molecule has 4 rings (SSSR count). The molecule has 0 saturated carbocycles. The standard InChI is InChI=1S/C22H19FN4O2S/c23-17-8-3-1-6-15(17)14-27-12-13-30-22(27)26-20(28)11-5-10-19-24-18-9-4-2-7-16(18)21(29)25-19/h1-4,6-9,12-13H,5,10-11,14H2,(H,24,25,29). The number of nitrogens with zero attached hydrogens (tertiary/aromatic N) is 3. The van der Waals surface area contributed by atoms with Crippen LogP contribution in [0.5, 0.6) is 0 Å². The Morgan fingerprint density at radius 3 is 2.83 bits per heavy atom. The fourth-order valence-electron chi connectivity index (χ4n) is 3.14. The predicted octanol–water partition coefficient (Wildman–Crippen LogP) is 3.42. The second-order valence-corrected chi connectivity index (χ2v) is 7.67. The number of benzene rings is 2. The van der Waals surface area contributed by atoms with Crippen molar-refractivity contribution in [1.29, 1.82) is 0 Å². The van der Waals surface area contributed by atoms with Crippen molar-refractivity contribution >= 4 is 28.1 Å². The number of rotatable bonds is 6. The van der Waals surface area contributed by atoms with Crippen LogP contribution in [0.15, 0.2) is 69.9 Å². The van der Waals surface area contributed by atoms with Crippen LogP contribution in [0.25, 0.3) is 10.9 Å². The number of carbonyl (C=O) groups is 1. The van der Waals surface area contributed by atoms with Gasteiger partial charge in [-0.25, -0.2) is 9.37 Å². The van der Waals surface area contributed by atoms with Gasteiger partial charge >= 0.3 is 0 Å². The smallest absolute Gasteiger partial charge is 0.258 e. The maximum Gasteiger partial charge on any atom is 0.258 e. The molecule has 1 N–H and O–H groups in total. The van der Waals surface area contributed by atoms with E-state index in [9.17, 15) is 14.0 Å². The fourth-order valence-corrected chi connectivity index (χ4v) is 3.88. The fraction of sp³-hybridized carbons (Fsp3) is 0.182. The van der Waals surface area contributed by atoms with Crippen molar-refractivity contribution in [2.24, 2.45) is 4.99 Å². The number of hydrogen-bond donors (Lipinski definition) is 1.